The number of nitrogens with zero attached hydrogens (tertiary/aromatic N) is 2. The van der Waals surface area contributed by atoms with Crippen molar-refractivity contribution in [2.24, 2.45) is 11.8 Å². The third-order valence-corrected chi connectivity index (χ3v) is 10.1. The number of ether oxygens (including phenoxy) is 3. The first-order valence-electron chi connectivity index (χ1n) is 13.7. The normalized spacial score (nSPS) is 22.5. The topological polar surface area (TPSA) is 82.6 Å². The Balaban J connectivity index is 1.25. The summed E-state index contributed by atoms with van der Waals surface area (Å²) in [6.07, 6.45) is 1.20. The van der Waals surface area contributed by atoms with E-state index in [1.54, 1.807) is 6.20 Å². The number of carbonyl (C=O) groups excluding carboxylic acids is 1. The zero-order chi connectivity index (χ0) is 28.8. The van der Waals surface area contributed by atoms with Gasteiger partial charge in [0, 0.05) is 6.54 Å². The van der Waals surface area contributed by atoms with Crippen molar-refractivity contribution in [1.82, 2.24) is 9.97 Å². The number of hydrogen-bond acceptors (Lipinski definition) is 9. The van der Waals surface area contributed by atoms with Gasteiger partial charge in [0.2, 0.25) is 5.78 Å². The molecule has 5 unspecified atom stereocenters. The molecule has 0 radical (unpaired) electrons. The lowest BCUT2D eigenvalue weighted by atomic mass is 9.81. The van der Waals surface area contributed by atoms with Crippen LogP contribution in [-0.2, 0) is 27.4 Å². The molecule has 1 saturated heterocycles. The molecule has 41 heavy (non-hydrogen) atoms. The lowest BCUT2D eigenvalue weighted by Gasteiger charge is -2.44. The zero-order valence-corrected chi connectivity index (χ0v) is 26.5. The first-order valence-corrected chi connectivity index (χ1v) is 16.1. The molecule has 1 fully saturated rings. The number of aryl methyl sites for hydroxylation is 1. The number of anilines is 1. The Bertz CT molecular complexity index is 1410. The Morgan fingerprint density at radius 3 is 2.32 bits per heavy atom. The van der Waals surface area contributed by atoms with E-state index >= 15 is 0 Å². The molecule has 216 valence electrons. The molecule has 10 heteroatoms. The van der Waals surface area contributed by atoms with E-state index in [2.05, 4.69) is 69.3 Å². The monoisotopic (exact) mass is 655 g/mol. The summed E-state index contributed by atoms with van der Waals surface area (Å²) in [7, 11) is 0. The highest BCUT2D eigenvalue weighted by Gasteiger charge is 2.42. The van der Waals surface area contributed by atoms with Crippen molar-refractivity contribution in [3.05, 3.63) is 97.4 Å². The Hall–Kier alpha value is -2.47. The van der Waals surface area contributed by atoms with E-state index in [1.165, 1.54) is 22.7 Å². The van der Waals surface area contributed by atoms with E-state index in [0.29, 0.717) is 50.9 Å². The molecule has 0 aliphatic carbocycles. The summed E-state index contributed by atoms with van der Waals surface area (Å²) in [6.45, 7) is 8.34. The maximum atomic E-state index is 13.0. The van der Waals surface area contributed by atoms with Crippen molar-refractivity contribution in [3.8, 4) is 0 Å². The van der Waals surface area contributed by atoms with Gasteiger partial charge in [-0.2, -0.15) is 0 Å². The van der Waals surface area contributed by atoms with Crippen LogP contribution in [0.3, 0.4) is 0 Å². The van der Waals surface area contributed by atoms with Crippen LogP contribution in [0.4, 0.5) is 5.13 Å². The number of carbonyl (C=O) groups is 1. The van der Waals surface area contributed by atoms with Crippen molar-refractivity contribution in [2.45, 2.75) is 52.3 Å². The molecule has 5 atom stereocenters. The van der Waals surface area contributed by atoms with E-state index in [9.17, 15) is 4.79 Å². The molecule has 3 heterocycles. The molecule has 1 aliphatic rings. The van der Waals surface area contributed by atoms with Crippen molar-refractivity contribution >= 4 is 49.5 Å². The molecular weight excluding hydrogens is 622 g/mol. The van der Waals surface area contributed by atoms with E-state index in [0.717, 1.165) is 11.1 Å². The largest absolute Gasteiger partial charge is 0.374 e. The first-order chi connectivity index (χ1) is 19.9. The van der Waals surface area contributed by atoms with Crippen LogP contribution in [0.2, 0.25) is 0 Å². The van der Waals surface area contributed by atoms with Gasteiger partial charge in [0.1, 0.15) is 6.10 Å². The summed E-state index contributed by atoms with van der Waals surface area (Å²) in [6, 6.07) is 20.4. The summed E-state index contributed by atoms with van der Waals surface area (Å²) in [5.74, 6) is 0.423. The minimum Gasteiger partial charge on any atom is -0.374 e. The van der Waals surface area contributed by atoms with Crippen LogP contribution >= 0.6 is 38.6 Å². The van der Waals surface area contributed by atoms with Gasteiger partial charge in [0.15, 0.2) is 9.05 Å². The molecule has 2 aromatic heterocycles. The molecule has 0 saturated carbocycles. The predicted molar refractivity (Wildman–Crippen MR) is 167 cm³/mol. The average Bonchev–Trinajstić information content (AvgIpc) is 3.60. The van der Waals surface area contributed by atoms with Gasteiger partial charge in [-0.1, -0.05) is 85.8 Å². The van der Waals surface area contributed by atoms with Crippen LogP contribution < -0.4 is 5.32 Å². The number of benzene rings is 2. The SMILES string of the molecule is Cc1nc(Br)sc1C(=O)c1cnc(NCC2OC(COCc3ccccc3)C(C)C(C)C2OCc2ccccc2)s1. The Morgan fingerprint density at radius 2 is 1.66 bits per heavy atom. The third kappa shape index (κ3) is 7.68. The van der Waals surface area contributed by atoms with E-state index in [-0.39, 0.29) is 35.9 Å². The second kappa shape index (κ2) is 14.1. The highest BCUT2D eigenvalue weighted by molar-refractivity contribution is 9.11. The van der Waals surface area contributed by atoms with Gasteiger partial charge in [-0.3, -0.25) is 4.79 Å². The molecule has 1 N–H and O–H groups in total. The van der Waals surface area contributed by atoms with Gasteiger partial charge in [-0.15, -0.1) is 11.3 Å². The molecule has 0 amide bonds. The van der Waals surface area contributed by atoms with Gasteiger partial charge in [0.05, 0.1) is 53.7 Å². The van der Waals surface area contributed by atoms with Crippen LogP contribution in [-0.4, -0.2) is 47.2 Å². The predicted octanol–water partition coefficient (Wildman–Crippen LogP) is 7.16. The van der Waals surface area contributed by atoms with Crippen molar-refractivity contribution < 1.29 is 19.0 Å². The van der Waals surface area contributed by atoms with E-state index in [1.807, 2.05) is 43.3 Å². The number of ketones is 1. The zero-order valence-electron chi connectivity index (χ0n) is 23.3. The smallest absolute Gasteiger partial charge is 0.216 e. The molecule has 2 aromatic carbocycles. The van der Waals surface area contributed by atoms with Crippen LogP contribution in [0.15, 0.2) is 70.8 Å². The lowest BCUT2D eigenvalue weighted by Crippen LogP contribution is -2.54. The minimum absolute atomic E-state index is 0.0627. The maximum Gasteiger partial charge on any atom is 0.216 e. The minimum atomic E-state index is -0.224. The fourth-order valence-electron chi connectivity index (χ4n) is 4.99. The molecule has 0 spiro atoms. The van der Waals surface area contributed by atoms with Crippen LogP contribution in [0, 0.1) is 18.8 Å². The van der Waals surface area contributed by atoms with E-state index in [4.69, 9.17) is 14.2 Å². The summed E-state index contributed by atoms with van der Waals surface area (Å²) in [5.41, 5.74) is 2.98. The van der Waals surface area contributed by atoms with Gasteiger partial charge >= 0.3 is 0 Å². The van der Waals surface area contributed by atoms with Gasteiger partial charge in [-0.05, 0) is 45.8 Å². The van der Waals surface area contributed by atoms with Crippen LogP contribution in [0.5, 0.6) is 0 Å². The van der Waals surface area contributed by atoms with Crippen molar-refractivity contribution in [3.63, 3.8) is 0 Å². The number of rotatable bonds is 12. The second-order valence-electron chi connectivity index (χ2n) is 10.3. The molecule has 0 bridgehead atoms. The molecule has 1 aliphatic heterocycles. The summed E-state index contributed by atoms with van der Waals surface area (Å²) < 4.78 is 20.0. The van der Waals surface area contributed by atoms with Gasteiger partial charge in [-0.25, -0.2) is 9.97 Å². The van der Waals surface area contributed by atoms with Crippen molar-refractivity contribution in [2.75, 3.05) is 18.5 Å². The highest BCUT2D eigenvalue weighted by Crippen LogP contribution is 2.34. The Morgan fingerprint density at radius 1 is 0.976 bits per heavy atom. The number of aromatic nitrogens is 2. The fourth-order valence-corrected chi connectivity index (χ4v) is 7.32. The molecule has 7 nitrogen and oxygen atoms in total. The van der Waals surface area contributed by atoms with Crippen molar-refractivity contribution in [1.29, 1.82) is 0 Å². The van der Waals surface area contributed by atoms with Gasteiger partial charge < -0.3 is 19.5 Å². The summed E-state index contributed by atoms with van der Waals surface area (Å²) >= 11 is 6.04. The first kappa shape index (κ1) is 30.0. The van der Waals surface area contributed by atoms with Gasteiger partial charge in [0.25, 0.3) is 0 Å². The standard InChI is InChI=1S/C31H34BrN3O4S2/c1-19-20(2)28(38-17-23-12-8-5-9-13-23)24(39-25(19)18-37-16-22-10-6-4-7-11-22)14-33-31-34-15-26(40-31)27(36)29-21(3)35-30(32)41-29/h4-13,15,19-20,24-25,28H,14,16-18H2,1-3H3,(H,33,34). The summed E-state index contributed by atoms with van der Waals surface area (Å²) in [5, 5.41) is 4.08. The second-order valence-corrected chi connectivity index (χ2v) is 13.6. The number of halogens is 1. The third-order valence-electron chi connectivity index (χ3n) is 7.49. The van der Waals surface area contributed by atoms with Crippen LogP contribution in [0.1, 0.15) is 45.2 Å². The number of thiazole rings is 2. The quantitative estimate of drug-likeness (QED) is 0.162. The Labute approximate surface area is 257 Å². The maximum absolute atomic E-state index is 13.0. The Kier molecular flexibility index (Phi) is 10.3. The molecule has 5 rings (SSSR count). The van der Waals surface area contributed by atoms with Crippen LogP contribution in [0.25, 0.3) is 0 Å². The van der Waals surface area contributed by atoms with E-state index < -0.39 is 0 Å². The fraction of sp³-hybridized carbons (Fsp3) is 0.387. The highest BCUT2D eigenvalue weighted by atomic mass is 79.9. The molecular formula is C31H34BrN3O4S2. The molecule has 4 aromatic rings. The average molecular weight is 657 g/mol. The number of hydrogen-bond donors (Lipinski definition) is 1. The number of nitrogens with one attached hydrogen (secondary N) is 1. The lowest BCUT2D eigenvalue weighted by molar-refractivity contribution is -0.199. The summed E-state index contributed by atoms with van der Waals surface area (Å²) in [4.78, 5) is 23.0.